The van der Waals surface area contributed by atoms with Gasteiger partial charge in [0, 0.05) is 12.5 Å². The van der Waals surface area contributed by atoms with Gasteiger partial charge in [-0.15, -0.1) is 0 Å². The van der Waals surface area contributed by atoms with Crippen molar-refractivity contribution in [2.75, 3.05) is 14.2 Å². The molecule has 1 aliphatic heterocycles. The Morgan fingerprint density at radius 3 is 2.50 bits per heavy atom. The second-order valence-corrected chi connectivity index (χ2v) is 5.80. The van der Waals surface area contributed by atoms with Gasteiger partial charge in [-0.05, 0) is 42.2 Å². The maximum Gasteiger partial charge on any atom is 0.342 e. The first kappa shape index (κ1) is 16.2. The van der Waals surface area contributed by atoms with Crippen molar-refractivity contribution in [3.05, 3.63) is 53.1 Å². The summed E-state index contributed by atoms with van der Waals surface area (Å²) < 4.78 is 15.8. The lowest BCUT2D eigenvalue weighted by molar-refractivity contribution is 0.0234. The first-order valence-electron chi connectivity index (χ1n) is 7.84. The minimum Gasteiger partial charge on any atom is -0.507 e. The summed E-state index contributed by atoms with van der Waals surface area (Å²) in [7, 11) is 3.17. The largest absolute Gasteiger partial charge is 0.507 e. The van der Waals surface area contributed by atoms with Crippen LogP contribution in [0.15, 0.2) is 36.4 Å². The van der Waals surface area contributed by atoms with Gasteiger partial charge >= 0.3 is 5.97 Å². The van der Waals surface area contributed by atoms with Gasteiger partial charge in [-0.2, -0.15) is 0 Å². The Labute approximate surface area is 140 Å². The van der Waals surface area contributed by atoms with Crippen molar-refractivity contribution in [1.82, 2.24) is 0 Å². The first-order chi connectivity index (χ1) is 11.6. The number of carbonyl (C=O) groups excluding carboxylic acids is 1. The van der Waals surface area contributed by atoms with Crippen molar-refractivity contribution in [2.24, 2.45) is 0 Å². The van der Waals surface area contributed by atoms with Crippen molar-refractivity contribution in [3.63, 3.8) is 0 Å². The van der Waals surface area contributed by atoms with Crippen LogP contribution >= 0.6 is 0 Å². The number of benzene rings is 2. The van der Waals surface area contributed by atoms with Crippen LogP contribution in [0.4, 0.5) is 0 Å². The number of methoxy groups -OCH3 is 2. The maximum atomic E-state index is 12.2. The molecule has 0 fully saturated rings. The molecule has 0 aromatic heterocycles. The fourth-order valence-electron chi connectivity index (χ4n) is 2.95. The molecule has 0 spiro atoms. The number of esters is 1. The van der Waals surface area contributed by atoms with Crippen LogP contribution in [0, 0.1) is 0 Å². The Bertz CT molecular complexity index is 736. The van der Waals surface area contributed by atoms with Crippen LogP contribution in [0.1, 0.15) is 27.9 Å². The van der Waals surface area contributed by atoms with Gasteiger partial charge in [0.1, 0.15) is 28.9 Å². The van der Waals surface area contributed by atoms with Crippen LogP contribution in [0.2, 0.25) is 0 Å². The highest BCUT2D eigenvalue weighted by Crippen LogP contribution is 2.33. The molecule has 5 heteroatoms. The van der Waals surface area contributed by atoms with E-state index in [9.17, 15) is 9.90 Å². The highest BCUT2D eigenvalue weighted by Gasteiger charge is 2.29. The predicted octanol–water partition coefficient (Wildman–Crippen LogP) is 3.12. The molecule has 2 aromatic rings. The zero-order valence-electron chi connectivity index (χ0n) is 13.7. The van der Waals surface area contributed by atoms with Crippen LogP contribution in [0.25, 0.3) is 0 Å². The van der Waals surface area contributed by atoms with Crippen LogP contribution in [-0.2, 0) is 17.6 Å². The van der Waals surface area contributed by atoms with Gasteiger partial charge in [0.15, 0.2) is 0 Å². The lowest BCUT2D eigenvalue weighted by Gasteiger charge is -2.25. The Hall–Kier alpha value is -2.69. The molecule has 126 valence electrons. The molecule has 0 aliphatic carbocycles. The number of aryl methyl sites for hydroxylation is 1. The molecular formula is C19H20O5. The highest BCUT2D eigenvalue weighted by molar-refractivity contribution is 5.95. The average molecular weight is 328 g/mol. The summed E-state index contributed by atoms with van der Waals surface area (Å²) in [5.74, 6) is 0.785. The van der Waals surface area contributed by atoms with E-state index in [-0.39, 0.29) is 17.4 Å². The Kier molecular flexibility index (Phi) is 4.60. The minimum absolute atomic E-state index is 0.0945. The van der Waals surface area contributed by atoms with Crippen molar-refractivity contribution < 1.29 is 24.1 Å². The minimum atomic E-state index is -0.476. The number of ether oxygens (including phenoxy) is 3. The van der Waals surface area contributed by atoms with Crippen molar-refractivity contribution in [2.45, 2.75) is 25.4 Å². The number of hydrogen-bond acceptors (Lipinski definition) is 5. The van der Waals surface area contributed by atoms with Crippen LogP contribution in [0.3, 0.4) is 0 Å². The molecule has 0 unspecified atom stereocenters. The number of phenols is 1. The smallest absolute Gasteiger partial charge is 0.342 e. The molecular weight excluding hydrogens is 308 g/mol. The van der Waals surface area contributed by atoms with E-state index in [2.05, 4.69) is 0 Å². The second-order valence-electron chi connectivity index (χ2n) is 5.80. The topological polar surface area (TPSA) is 65.0 Å². The van der Waals surface area contributed by atoms with Crippen LogP contribution in [-0.4, -0.2) is 31.4 Å². The third kappa shape index (κ3) is 3.30. The average Bonchev–Trinajstić information content (AvgIpc) is 2.59. The zero-order valence-corrected chi connectivity index (χ0v) is 13.7. The fraction of sp³-hybridized carbons (Fsp3) is 0.316. The molecule has 0 amide bonds. The molecule has 0 saturated carbocycles. The molecule has 3 rings (SSSR count). The third-order valence-corrected chi connectivity index (χ3v) is 4.25. The van der Waals surface area contributed by atoms with E-state index >= 15 is 0 Å². The predicted molar refractivity (Wildman–Crippen MR) is 88.9 cm³/mol. The van der Waals surface area contributed by atoms with Gasteiger partial charge in [-0.1, -0.05) is 12.1 Å². The molecule has 5 nitrogen and oxygen atoms in total. The van der Waals surface area contributed by atoms with E-state index in [1.807, 2.05) is 24.3 Å². The summed E-state index contributed by atoms with van der Waals surface area (Å²) in [4.78, 5) is 12.2. The zero-order chi connectivity index (χ0) is 17.1. The number of cyclic esters (lactones) is 1. The molecule has 1 heterocycles. The van der Waals surface area contributed by atoms with E-state index in [4.69, 9.17) is 14.2 Å². The van der Waals surface area contributed by atoms with Gasteiger partial charge in [-0.3, -0.25) is 0 Å². The van der Waals surface area contributed by atoms with E-state index < -0.39 is 5.97 Å². The molecule has 1 N–H and O–H groups in total. The number of fused-ring (bicyclic) bond motifs is 1. The quantitative estimate of drug-likeness (QED) is 0.854. The third-order valence-electron chi connectivity index (χ3n) is 4.25. The van der Waals surface area contributed by atoms with Gasteiger partial charge in [0.25, 0.3) is 0 Å². The second kappa shape index (κ2) is 6.83. The van der Waals surface area contributed by atoms with Crippen molar-refractivity contribution in [1.29, 1.82) is 0 Å². The SMILES string of the molecule is COc1ccc(CC[C@H]2Cc3cc(OC)cc(O)c3C(=O)O2)cc1. The van der Waals surface area contributed by atoms with Crippen LogP contribution in [0.5, 0.6) is 17.2 Å². The van der Waals surface area contributed by atoms with E-state index in [1.54, 1.807) is 13.2 Å². The summed E-state index contributed by atoms with van der Waals surface area (Å²) in [6.45, 7) is 0. The number of hydrogen-bond donors (Lipinski definition) is 1. The number of aromatic hydroxyl groups is 1. The lowest BCUT2D eigenvalue weighted by Crippen LogP contribution is -2.28. The molecule has 1 atom stereocenters. The summed E-state index contributed by atoms with van der Waals surface area (Å²) in [5.41, 5.74) is 2.17. The highest BCUT2D eigenvalue weighted by atomic mass is 16.5. The van der Waals surface area contributed by atoms with Gasteiger partial charge in [0.2, 0.25) is 0 Å². The molecule has 0 bridgehead atoms. The summed E-state index contributed by atoms with van der Waals surface area (Å²) in [6.07, 6.45) is 1.88. The number of rotatable bonds is 5. The molecule has 1 aliphatic rings. The Balaban J connectivity index is 1.70. The molecule has 24 heavy (non-hydrogen) atoms. The van der Waals surface area contributed by atoms with Crippen LogP contribution < -0.4 is 9.47 Å². The normalized spacial score (nSPS) is 16.2. The van der Waals surface area contributed by atoms with Gasteiger partial charge < -0.3 is 19.3 Å². The Morgan fingerprint density at radius 1 is 1.12 bits per heavy atom. The standard InChI is InChI=1S/C19H20O5/c1-22-14-6-3-12(4-7-14)5-8-15-9-13-10-16(23-2)11-17(20)18(13)19(21)24-15/h3-4,6-7,10-11,15,20H,5,8-9H2,1-2H3/t15-/m0/s1. The maximum absolute atomic E-state index is 12.2. The summed E-state index contributed by atoms with van der Waals surface area (Å²) >= 11 is 0. The van der Waals surface area contributed by atoms with E-state index in [1.165, 1.54) is 13.2 Å². The fourth-order valence-corrected chi connectivity index (χ4v) is 2.95. The molecule has 0 radical (unpaired) electrons. The van der Waals surface area contributed by atoms with Crippen molar-refractivity contribution in [3.8, 4) is 17.2 Å². The van der Waals surface area contributed by atoms with E-state index in [0.29, 0.717) is 12.2 Å². The monoisotopic (exact) mass is 328 g/mol. The summed E-state index contributed by atoms with van der Waals surface area (Å²) in [6, 6.07) is 11.1. The van der Waals surface area contributed by atoms with Gasteiger partial charge in [0.05, 0.1) is 14.2 Å². The lowest BCUT2D eigenvalue weighted by atomic mass is 9.94. The first-order valence-corrected chi connectivity index (χ1v) is 7.84. The molecule has 0 saturated heterocycles. The van der Waals surface area contributed by atoms with Gasteiger partial charge in [-0.25, -0.2) is 4.79 Å². The Morgan fingerprint density at radius 2 is 1.83 bits per heavy atom. The molecule has 2 aromatic carbocycles. The van der Waals surface area contributed by atoms with E-state index in [0.717, 1.165) is 29.7 Å². The van der Waals surface area contributed by atoms with Crippen molar-refractivity contribution >= 4 is 5.97 Å². The number of phenolic OH excluding ortho intramolecular Hbond substituents is 1. The summed E-state index contributed by atoms with van der Waals surface area (Å²) in [5, 5.41) is 9.99. The number of carbonyl (C=O) groups is 1.